The van der Waals surface area contributed by atoms with Crippen LogP contribution in [0.5, 0.6) is 0 Å². The molecule has 2 aromatic rings. The number of aliphatic hydroxyl groups is 1. The lowest BCUT2D eigenvalue weighted by Crippen LogP contribution is -2.16. The predicted molar refractivity (Wildman–Crippen MR) is 79.9 cm³/mol. The lowest BCUT2D eigenvalue weighted by Gasteiger charge is -2.24. The van der Waals surface area contributed by atoms with Crippen molar-refractivity contribution >= 4 is 0 Å². The van der Waals surface area contributed by atoms with Crippen LogP contribution in [0, 0.1) is 17.8 Å². The zero-order valence-electron chi connectivity index (χ0n) is 12.1. The summed E-state index contributed by atoms with van der Waals surface area (Å²) in [5.41, 5.74) is 1.76. The molecule has 0 saturated heterocycles. The van der Waals surface area contributed by atoms with Gasteiger partial charge in [0.25, 0.3) is 0 Å². The van der Waals surface area contributed by atoms with Gasteiger partial charge in [-0.25, -0.2) is 4.68 Å². The topological polar surface area (TPSA) is 50.9 Å². The van der Waals surface area contributed by atoms with Gasteiger partial charge in [0.1, 0.15) is 0 Å². The Morgan fingerprint density at radius 1 is 1.19 bits per heavy atom. The van der Waals surface area contributed by atoms with Gasteiger partial charge in [-0.05, 0) is 55.6 Å². The lowest BCUT2D eigenvalue weighted by molar-refractivity contribution is 0.119. The molecule has 2 saturated carbocycles. The first-order valence-electron chi connectivity index (χ1n) is 7.95. The van der Waals surface area contributed by atoms with Crippen LogP contribution in [-0.2, 0) is 0 Å². The minimum atomic E-state index is -0.468. The smallest absolute Gasteiger partial charge is 0.0980 e. The number of para-hydroxylation sites is 1. The van der Waals surface area contributed by atoms with E-state index in [0.29, 0.717) is 5.92 Å². The number of fused-ring (bicyclic) bond motifs is 2. The zero-order valence-corrected chi connectivity index (χ0v) is 12.1. The van der Waals surface area contributed by atoms with Crippen molar-refractivity contribution in [3.63, 3.8) is 0 Å². The van der Waals surface area contributed by atoms with E-state index in [9.17, 15) is 5.11 Å². The first kappa shape index (κ1) is 13.0. The Kier molecular flexibility index (Phi) is 3.26. The number of rotatable bonds is 4. The molecule has 0 amide bonds. The molecule has 0 radical (unpaired) electrons. The van der Waals surface area contributed by atoms with Crippen LogP contribution in [0.25, 0.3) is 5.69 Å². The molecule has 4 atom stereocenters. The van der Waals surface area contributed by atoms with Crippen LogP contribution in [0.4, 0.5) is 0 Å². The van der Waals surface area contributed by atoms with Gasteiger partial charge < -0.3 is 5.11 Å². The monoisotopic (exact) mass is 283 g/mol. The molecule has 2 fully saturated rings. The van der Waals surface area contributed by atoms with Crippen molar-refractivity contribution < 1.29 is 5.11 Å². The average Bonchev–Trinajstić information content (AvgIpc) is 3.24. The van der Waals surface area contributed by atoms with Crippen LogP contribution >= 0.6 is 0 Å². The Balaban J connectivity index is 1.53. The summed E-state index contributed by atoms with van der Waals surface area (Å²) < 4.78 is 1.76. The molecular weight excluding hydrogens is 262 g/mol. The van der Waals surface area contributed by atoms with Crippen molar-refractivity contribution in [2.24, 2.45) is 17.8 Å². The minimum absolute atomic E-state index is 0.468. The molecule has 4 rings (SSSR count). The summed E-state index contributed by atoms with van der Waals surface area (Å²) in [6.07, 6.45) is 7.53. The molecule has 21 heavy (non-hydrogen) atoms. The molecule has 2 aliphatic carbocycles. The van der Waals surface area contributed by atoms with Crippen LogP contribution in [0.3, 0.4) is 0 Å². The van der Waals surface area contributed by atoms with Crippen LogP contribution in [0.15, 0.2) is 36.5 Å². The van der Waals surface area contributed by atoms with Crippen molar-refractivity contribution in [3.8, 4) is 5.69 Å². The number of benzene rings is 1. The van der Waals surface area contributed by atoms with Crippen molar-refractivity contribution in [1.29, 1.82) is 0 Å². The van der Waals surface area contributed by atoms with E-state index in [1.807, 2.05) is 30.3 Å². The van der Waals surface area contributed by atoms with E-state index in [1.54, 1.807) is 10.9 Å². The maximum atomic E-state index is 10.6. The Bertz CT molecular complexity index is 610. The van der Waals surface area contributed by atoms with Gasteiger partial charge in [-0.15, -0.1) is 5.10 Å². The average molecular weight is 283 g/mol. The fourth-order valence-electron chi connectivity index (χ4n) is 4.31. The lowest BCUT2D eigenvalue weighted by atomic mass is 9.84. The number of hydrogen-bond acceptors (Lipinski definition) is 3. The van der Waals surface area contributed by atoms with E-state index in [1.165, 1.54) is 25.7 Å². The second-order valence-corrected chi connectivity index (χ2v) is 6.59. The molecule has 2 aliphatic rings. The van der Waals surface area contributed by atoms with Crippen molar-refractivity contribution in [2.45, 2.75) is 38.2 Å². The molecule has 1 N–H and O–H groups in total. The zero-order chi connectivity index (χ0) is 14.2. The van der Waals surface area contributed by atoms with Crippen LogP contribution in [-0.4, -0.2) is 20.1 Å². The van der Waals surface area contributed by atoms with Gasteiger partial charge in [-0.1, -0.05) is 29.8 Å². The van der Waals surface area contributed by atoms with E-state index in [2.05, 4.69) is 10.3 Å². The Hall–Kier alpha value is -1.68. The molecule has 0 spiro atoms. The van der Waals surface area contributed by atoms with Crippen LogP contribution in [0.2, 0.25) is 0 Å². The van der Waals surface area contributed by atoms with Gasteiger partial charge in [-0.3, -0.25) is 0 Å². The van der Waals surface area contributed by atoms with Crippen LogP contribution in [0.1, 0.15) is 43.9 Å². The highest BCUT2D eigenvalue weighted by molar-refractivity contribution is 5.32. The summed E-state index contributed by atoms with van der Waals surface area (Å²) in [6.45, 7) is 0. The van der Waals surface area contributed by atoms with E-state index in [0.717, 1.165) is 29.6 Å². The van der Waals surface area contributed by atoms with E-state index in [4.69, 9.17) is 0 Å². The SMILES string of the molecule is OC(CC1CC2CCC1C2)c1cnnn1-c1ccccc1. The maximum Gasteiger partial charge on any atom is 0.0980 e. The second-order valence-electron chi connectivity index (χ2n) is 6.59. The van der Waals surface area contributed by atoms with Gasteiger partial charge in [0.05, 0.1) is 23.7 Å². The normalized spacial score (nSPS) is 28.9. The fourth-order valence-corrected chi connectivity index (χ4v) is 4.31. The Morgan fingerprint density at radius 3 is 2.76 bits per heavy atom. The third-order valence-corrected chi connectivity index (χ3v) is 5.33. The molecule has 4 nitrogen and oxygen atoms in total. The van der Waals surface area contributed by atoms with Crippen LogP contribution < -0.4 is 0 Å². The molecule has 4 heteroatoms. The highest BCUT2D eigenvalue weighted by Gasteiger charge is 2.40. The standard InChI is InChI=1S/C17H21N3O/c21-17(10-14-9-12-6-7-13(14)8-12)16-11-18-19-20(16)15-4-2-1-3-5-15/h1-5,11-14,17,21H,6-10H2. The van der Waals surface area contributed by atoms with Gasteiger partial charge in [0.2, 0.25) is 0 Å². The van der Waals surface area contributed by atoms with Crippen molar-refractivity contribution in [2.75, 3.05) is 0 Å². The quantitative estimate of drug-likeness (QED) is 0.938. The molecule has 1 aromatic carbocycles. The number of nitrogens with zero attached hydrogens (tertiary/aromatic N) is 3. The first-order valence-corrected chi connectivity index (χ1v) is 7.95. The molecule has 1 heterocycles. The Morgan fingerprint density at radius 2 is 2.05 bits per heavy atom. The van der Waals surface area contributed by atoms with Gasteiger partial charge >= 0.3 is 0 Å². The molecular formula is C17H21N3O. The van der Waals surface area contributed by atoms with Gasteiger partial charge in [0, 0.05) is 0 Å². The highest BCUT2D eigenvalue weighted by Crippen LogP contribution is 2.50. The summed E-state index contributed by atoms with van der Waals surface area (Å²) in [6, 6.07) is 9.91. The third-order valence-electron chi connectivity index (χ3n) is 5.33. The van der Waals surface area contributed by atoms with Gasteiger partial charge in [-0.2, -0.15) is 0 Å². The molecule has 110 valence electrons. The van der Waals surface area contributed by atoms with E-state index in [-0.39, 0.29) is 0 Å². The van der Waals surface area contributed by atoms with E-state index < -0.39 is 6.10 Å². The number of hydrogen-bond donors (Lipinski definition) is 1. The third kappa shape index (κ3) is 2.38. The Labute approximate surface area is 124 Å². The second kappa shape index (κ2) is 5.26. The number of aromatic nitrogens is 3. The summed E-state index contributed by atoms with van der Waals surface area (Å²) >= 11 is 0. The molecule has 2 bridgehead atoms. The minimum Gasteiger partial charge on any atom is -0.387 e. The maximum absolute atomic E-state index is 10.6. The molecule has 4 unspecified atom stereocenters. The first-order chi connectivity index (χ1) is 10.3. The summed E-state index contributed by atoms with van der Waals surface area (Å²) in [5.74, 6) is 2.44. The van der Waals surface area contributed by atoms with Gasteiger partial charge in [0.15, 0.2) is 0 Å². The molecule has 0 aliphatic heterocycles. The largest absolute Gasteiger partial charge is 0.387 e. The number of aliphatic hydroxyl groups excluding tert-OH is 1. The predicted octanol–water partition coefficient (Wildman–Crippen LogP) is 3.13. The van der Waals surface area contributed by atoms with E-state index >= 15 is 0 Å². The van der Waals surface area contributed by atoms with Crippen molar-refractivity contribution in [1.82, 2.24) is 15.0 Å². The summed E-state index contributed by atoms with van der Waals surface area (Å²) in [7, 11) is 0. The molecule has 1 aromatic heterocycles. The fraction of sp³-hybridized carbons (Fsp3) is 0.529. The summed E-state index contributed by atoms with van der Waals surface area (Å²) in [4.78, 5) is 0. The van der Waals surface area contributed by atoms with Crippen molar-refractivity contribution in [3.05, 3.63) is 42.2 Å². The summed E-state index contributed by atoms with van der Waals surface area (Å²) in [5, 5.41) is 18.8. The highest BCUT2D eigenvalue weighted by atomic mass is 16.3.